The van der Waals surface area contributed by atoms with Crippen molar-refractivity contribution in [2.45, 2.75) is 13.5 Å². The Morgan fingerprint density at radius 3 is 2.52 bits per heavy atom. The number of benzene rings is 2. The molecule has 0 aromatic heterocycles. The van der Waals surface area contributed by atoms with Crippen LogP contribution < -0.4 is 5.06 Å². The van der Waals surface area contributed by atoms with E-state index in [4.69, 9.17) is 4.74 Å². The summed E-state index contributed by atoms with van der Waals surface area (Å²) in [6.07, 6.45) is 0. The summed E-state index contributed by atoms with van der Waals surface area (Å²) in [6.45, 7) is 5.77. The van der Waals surface area contributed by atoms with Gasteiger partial charge >= 0.3 is 0 Å². The Balaban J connectivity index is 1.69. The lowest BCUT2D eigenvalue weighted by atomic mass is 10.1. The van der Waals surface area contributed by atoms with Crippen molar-refractivity contribution in [3.63, 3.8) is 0 Å². The van der Waals surface area contributed by atoms with Gasteiger partial charge < -0.3 is 4.74 Å². The van der Waals surface area contributed by atoms with E-state index in [1.54, 1.807) is 25.1 Å². The van der Waals surface area contributed by atoms with Gasteiger partial charge in [-0.25, -0.2) is 4.39 Å². The lowest BCUT2D eigenvalue weighted by Crippen LogP contribution is -2.35. The normalized spacial score (nSPS) is 15.2. The van der Waals surface area contributed by atoms with Gasteiger partial charge in [-0.2, -0.15) is 5.06 Å². The Kier molecular flexibility index (Phi) is 5.43. The number of ether oxygens (including phenoxy) is 1. The minimum atomic E-state index is -0.666. The van der Waals surface area contributed by atoms with Crippen molar-refractivity contribution in [2.75, 3.05) is 31.4 Å². The fourth-order valence-electron chi connectivity index (χ4n) is 2.79. The van der Waals surface area contributed by atoms with E-state index in [1.807, 2.05) is 12.1 Å². The number of carbonyl (C=O) groups excluding carboxylic acids is 1. The van der Waals surface area contributed by atoms with Crippen LogP contribution in [-0.2, 0) is 11.3 Å². The maximum Gasteiger partial charge on any atom is 0.282 e. The minimum absolute atomic E-state index is 0.159. The number of aryl methyl sites for hydroxylation is 1. The summed E-state index contributed by atoms with van der Waals surface area (Å²) in [5, 5.41) is 10.4. The molecule has 2 aromatic carbocycles. The molecule has 6 heteroatoms. The Morgan fingerprint density at radius 1 is 1.20 bits per heavy atom. The maximum atomic E-state index is 13.9. The van der Waals surface area contributed by atoms with E-state index in [0.29, 0.717) is 10.6 Å². The van der Waals surface area contributed by atoms with Crippen LogP contribution in [0.4, 0.5) is 10.1 Å². The number of morpholine rings is 1. The topological polar surface area (TPSA) is 53.0 Å². The first kappa shape index (κ1) is 17.5. The summed E-state index contributed by atoms with van der Waals surface area (Å²) < 4.78 is 19.3. The molecule has 25 heavy (non-hydrogen) atoms. The minimum Gasteiger partial charge on any atom is -0.379 e. The molecule has 0 radical (unpaired) electrons. The highest BCUT2D eigenvalue weighted by Crippen LogP contribution is 2.21. The molecule has 0 spiro atoms. The Hall–Kier alpha value is -2.28. The van der Waals surface area contributed by atoms with Crippen LogP contribution in [0.3, 0.4) is 0 Å². The number of hydrogen-bond donors (Lipinski definition) is 1. The molecule has 1 heterocycles. The standard InChI is InChI=1S/C19H21FN2O3/c1-14-2-7-18(17(20)12-14)22(24)19(23)16-5-3-15(4-6-16)13-21-8-10-25-11-9-21/h2-7,12,24H,8-11,13H2,1H3. The molecule has 2 aromatic rings. The van der Waals surface area contributed by atoms with Crippen LogP contribution in [0.25, 0.3) is 0 Å². The number of nitrogens with zero attached hydrogens (tertiary/aromatic N) is 2. The summed E-state index contributed by atoms with van der Waals surface area (Å²) in [5.41, 5.74) is 1.93. The second-order valence-corrected chi connectivity index (χ2v) is 6.16. The number of halogens is 1. The van der Waals surface area contributed by atoms with E-state index in [9.17, 15) is 14.4 Å². The van der Waals surface area contributed by atoms with E-state index < -0.39 is 11.7 Å². The first-order valence-electron chi connectivity index (χ1n) is 8.23. The quantitative estimate of drug-likeness (QED) is 0.684. The van der Waals surface area contributed by atoms with Gasteiger partial charge in [0, 0.05) is 25.2 Å². The zero-order valence-electron chi connectivity index (χ0n) is 14.1. The van der Waals surface area contributed by atoms with Crippen LogP contribution in [0.1, 0.15) is 21.5 Å². The molecule has 5 nitrogen and oxygen atoms in total. The van der Waals surface area contributed by atoms with Gasteiger partial charge in [0.2, 0.25) is 0 Å². The number of amides is 1. The van der Waals surface area contributed by atoms with Gasteiger partial charge in [0.05, 0.1) is 13.2 Å². The number of hydrogen-bond acceptors (Lipinski definition) is 4. The van der Waals surface area contributed by atoms with E-state index >= 15 is 0 Å². The largest absolute Gasteiger partial charge is 0.379 e. The van der Waals surface area contributed by atoms with Crippen LogP contribution in [-0.4, -0.2) is 42.3 Å². The van der Waals surface area contributed by atoms with Crippen molar-refractivity contribution in [2.24, 2.45) is 0 Å². The fraction of sp³-hybridized carbons (Fsp3) is 0.316. The first-order chi connectivity index (χ1) is 12.0. The number of hydroxylamine groups is 1. The summed E-state index contributed by atoms with van der Waals surface area (Å²) >= 11 is 0. The maximum absolute atomic E-state index is 13.9. The van der Waals surface area contributed by atoms with Crippen molar-refractivity contribution in [1.82, 2.24) is 4.90 Å². The average Bonchev–Trinajstić information content (AvgIpc) is 2.62. The molecule has 1 amide bonds. The van der Waals surface area contributed by atoms with Gasteiger partial charge in [0.25, 0.3) is 5.91 Å². The Morgan fingerprint density at radius 2 is 1.88 bits per heavy atom. The molecule has 3 rings (SSSR count). The summed E-state index contributed by atoms with van der Waals surface area (Å²) in [5.74, 6) is -1.31. The molecule has 0 bridgehead atoms. The number of anilines is 1. The summed E-state index contributed by atoms with van der Waals surface area (Å²) in [4.78, 5) is 14.6. The van der Waals surface area contributed by atoms with Crippen molar-refractivity contribution in [3.05, 3.63) is 65.0 Å². The van der Waals surface area contributed by atoms with Crippen molar-refractivity contribution >= 4 is 11.6 Å². The third-order valence-electron chi connectivity index (χ3n) is 4.23. The molecule has 132 valence electrons. The predicted molar refractivity (Wildman–Crippen MR) is 92.3 cm³/mol. The summed E-state index contributed by atoms with van der Waals surface area (Å²) in [6, 6.07) is 11.3. The zero-order valence-corrected chi connectivity index (χ0v) is 14.1. The van der Waals surface area contributed by atoms with E-state index in [2.05, 4.69) is 4.90 Å². The molecular formula is C19H21FN2O3. The highest BCUT2D eigenvalue weighted by atomic mass is 19.1. The monoisotopic (exact) mass is 344 g/mol. The van der Waals surface area contributed by atoms with Crippen molar-refractivity contribution in [3.8, 4) is 0 Å². The van der Waals surface area contributed by atoms with Gasteiger partial charge in [0.1, 0.15) is 11.5 Å². The molecular weight excluding hydrogens is 323 g/mol. The lowest BCUT2D eigenvalue weighted by molar-refractivity contribution is 0.0342. The first-order valence-corrected chi connectivity index (χ1v) is 8.23. The lowest BCUT2D eigenvalue weighted by Gasteiger charge is -2.26. The molecule has 0 atom stereocenters. The molecule has 0 unspecified atom stereocenters. The van der Waals surface area contributed by atoms with Crippen LogP contribution in [0.5, 0.6) is 0 Å². The molecule has 0 aliphatic carbocycles. The number of carbonyl (C=O) groups is 1. The van der Waals surface area contributed by atoms with Gasteiger partial charge in [-0.3, -0.25) is 14.9 Å². The number of rotatable bonds is 4. The molecule has 0 saturated carbocycles. The average molecular weight is 344 g/mol. The Bertz CT molecular complexity index is 743. The van der Waals surface area contributed by atoms with Gasteiger partial charge in [0.15, 0.2) is 0 Å². The Labute approximate surface area is 146 Å². The van der Waals surface area contributed by atoms with Gasteiger partial charge in [-0.1, -0.05) is 18.2 Å². The SMILES string of the molecule is Cc1ccc(N(O)C(=O)c2ccc(CN3CCOCC3)cc2)c(F)c1. The van der Waals surface area contributed by atoms with Crippen molar-refractivity contribution in [1.29, 1.82) is 0 Å². The van der Waals surface area contributed by atoms with Crippen LogP contribution in [0, 0.1) is 12.7 Å². The summed E-state index contributed by atoms with van der Waals surface area (Å²) in [7, 11) is 0. The van der Waals surface area contributed by atoms with E-state index in [0.717, 1.165) is 44.0 Å². The van der Waals surface area contributed by atoms with Gasteiger partial charge in [-0.15, -0.1) is 0 Å². The zero-order chi connectivity index (χ0) is 17.8. The smallest absolute Gasteiger partial charge is 0.282 e. The molecule has 1 aliphatic heterocycles. The second kappa shape index (κ2) is 7.74. The predicted octanol–water partition coefficient (Wildman–Crippen LogP) is 3.00. The molecule has 1 N–H and O–H groups in total. The second-order valence-electron chi connectivity index (χ2n) is 6.16. The highest BCUT2D eigenvalue weighted by Gasteiger charge is 2.19. The van der Waals surface area contributed by atoms with Gasteiger partial charge in [-0.05, 0) is 42.3 Å². The van der Waals surface area contributed by atoms with Crippen LogP contribution in [0.2, 0.25) is 0 Å². The van der Waals surface area contributed by atoms with Crippen LogP contribution in [0.15, 0.2) is 42.5 Å². The third-order valence-corrected chi connectivity index (χ3v) is 4.23. The van der Waals surface area contributed by atoms with Crippen molar-refractivity contribution < 1.29 is 19.1 Å². The fourth-order valence-corrected chi connectivity index (χ4v) is 2.79. The molecule has 1 saturated heterocycles. The van der Waals surface area contributed by atoms with E-state index in [1.165, 1.54) is 12.1 Å². The highest BCUT2D eigenvalue weighted by molar-refractivity contribution is 6.04. The van der Waals surface area contributed by atoms with Crippen LogP contribution >= 0.6 is 0 Å². The van der Waals surface area contributed by atoms with E-state index in [-0.39, 0.29) is 5.69 Å². The molecule has 1 aliphatic rings. The molecule has 1 fully saturated rings. The third kappa shape index (κ3) is 4.22.